The van der Waals surface area contributed by atoms with Gasteiger partial charge in [-0.25, -0.2) is 0 Å². The zero-order chi connectivity index (χ0) is 18.5. The van der Waals surface area contributed by atoms with Crippen molar-refractivity contribution in [3.63, 3.8) is 0 Å². The number of rotatable bonds is 6. The standard InChI is InChI=1S/C23H26N2O/c1-18(24(2)3)17-25(22-10-7-11-23(26)16-22)21-14-12-20(13-15-21)19-8-5-4-6-9-19/h4-16,18,26H,17H2,1-3H3. The zero-order valence-corrected chi connectivity index (χ0v) is 15.6. The maximum Gasteiger partial charge on any atom is 0.117 e. The first-order valence-electron chi connectivity index (χ1n) is 8.93. The molecule has 0 aliphatic carbocycles. The molecular weight excluding hydrogens is 320 g/mol. The first kappa shape index (κ1) is 18.0. The summed E-state index contributed by atoms with van der Waals surface area (Å²) in [5, 5.41) is 9.91. The largest absolute Gasteiger partial charge is 0.508 e. The number of aromatic hydroxyl groups is 1. The van der Waals surface area contributed by atoms with Gasteiger partial charge in [0.1, 0.15) is 5.75 Å². The van der Waals surface area contributed by atoms with Gasteiger partial charge in [0.05, 0.1) is 0 Å². The van der Waals surface area contributed by atoms with E-state index in [1.54, 1.807) is 6.07 Å². The molecule has 0 bridgehead atoms. The molecule has 0 saturated carbocycles. The molecule has 0 heterocycles. The lowest BCUT2D eigenvalue weighted by Crippen LogP contribution is -2.36. The van der Waals surface area contributed by atoms with Crippen molar-refractivity contribution in [3.8, 4) is 16.9 Å². The first-order valence-corrected chi connectivity index (χ1v) is 8.93. The van der Waals surface area contributed by atoms with Crippen LogP contribution in [0.1, 0.15) is 6.92 Å². The van der Waals surface area contributed by atoms with E-state index < -0.39 is 0 Å². The molecule has 0 fully saturated rings. The van der Waals surface area contributed by atoms with E-state index in [2.05, 4.69) is 79.3 Å². The molecule has 0 aliphatic heterocycles. The Kier molecular flexibility index (Phi) is 5.59. The van der Waals surface area contributed by atoms with E-state index >= 15 is 0 Å². The second-order valence-electron chi connectivity index (χ2n) is 6.86. The third-order valence-electron chi connectivity index (χ3n) is 4.76. The molecule has 134 valence electrons. The highest BCUT2D eigenvalue weighted by molar-refractivity contribution is 5.70. The summed E-state index contributed by atoms with van der Waals surface area (Å²) in [7, 11) is 4.17. The van der Waals surface area contributed by atoms with Crippen LogP contribution in [-0.4, -0.2) is 36.7 Å². The molecule has 0 radical (unpaired) electrons. The molecule has 1 N–H and O–H groups in total. The highest BCUT2D eigenvalue weighted by atomic mass is 16.3. The van der Waals surface area contributed by atoms with Gasteiger partial charge in [-0.15, -0.1) is 0 Å². The molecule has 3 aromatic rings. The Hall–Kier alpha value is -2.78. The molecular formula is C23H26N2O. The SMILES string of the molecule is CC(CN(c1ccc(-c2ccccc2)cc1)c1cccc(O)c1)N(C)C. The van der Waals surface area contributed by atoms with Crippen LogP contribution < -0.4 is 4.90 Å². The van der Waals surface area contributed by atoms with Crippen molar-refractivity contribution >= 4 is 11.4 Å². The average molecular weight is 346 g/mol. The zero-order valence-electron chi connectivity index (χ0n) is 15.6. The van der Waals surface area contributed by atoms with Crippen LogP contribution in [0.2, 0.25) is 0 Å². The van der Waals surface area contributed by atoms with E-state index in [0.717, 1.165) is 17.9 Å². The summed E-state index contributed by atoms with van der Waals surface area (Å²) in [6.45, 7) is 3.04. The fourth-order valence-electron chi connectivity index (χ4n) is 2.91. The van der Waals surface area contributed by atoms with Crippen molar-refractivity contribution < 1.29 is 5.11 Å². The minimum Gasteiger partial charge on any atom is -0.508 e. The van der Waals surface area contributed by atoms with Crippen molar-refractivity contribution in [2.45, 2.75) is 13.0 Å². The van der Waals surface area contributed by atoms with Gasteiger partial charge in [0, 0.05) is 30.0 Å². The number of hydrogen-bond acceptors (Lipinski definition) is 3. The highest BCUT2D eigenvalue weighted by Crippen LogP contribution is 2.30. The quantitative estimate of drug-likeness (QED) is 0.669. The molecule has 0 saturated heterocycles. The number of phenolic OH excluding ortho intramolecular Hbond substituents is 1. The Morgan fingerprint density at radius 2 is 1.42 bits per heavy atom. The van der Waals surface area contributed by atoms with Crippen molar-refractivity contribution in [3.05, 3.63) is 78.9 Å². The Bertz CT molecular complexity index is 828. The van der Waals surface area contributed by atoms with Gasteiger partial charge >= 0.3 is 0 Å². The number of phenols is 1. The predicted octanol–water partition coefficient (Wildman–Crippen LogP) is 5.15. The van der Waals surface area contributed by atoms with Crippen molar-refractivity contribution in [1.29, 1.82) is 0 Å². The number of nitrogens with zero attached hydrogens (tertiary/aromatic N) is 2. The highest BCUT2D eigenvalue weighted by Gasteiger charge is 2.15. The fraction of sp³-hybridized carbons (Fsp3) is 0.217. The molecule has 3 heteroatoms. The predicted molar refractivity (Wildman–Crippen MR) is 110 cm³/mol. The molecule has 1 atom stereocenters. The third-order valence-corrected chi connectivity index (χ3v) is 4.76. The number of hydrogen-bond donors (Lipinski definition) is 1. The molecule has 1 unspecified atom stereocenters. The Morgan fingerprint density at radius 1 is 0.769 bits per heavy atom. The van der Waals surface area contributed by atoms with Crippen LogP contribution >= 0.6 is 0 Å². The molecule has 26 heavy (non-hydrogen) atoms. The molecule has 0 spiro atoms. The number of benzene rings is 3. The number of anilines is 2. The second-order valence-corrected chi connectivity index (χ2v) is 6.86. The van der Waals surface area contributed by atoms with Gasteiger partial charge < -0.3 is 14.9 Å². The van der Waals surface area contributed by atoms with Gasteiger partial charge in [-0.1, -0.05) is 48.5 Å². The first-order chi connectivity index (χ1) is 12.5. The van der Waals surface area contributed by atoms with Gasteiger partial charge in [0.25, 0.3) is 0 Å². The molecule has 0 aromatic heterocycles. The average Bonchev–Trinajstić information content (AvgIpc) is 2.66. The van der Waals surface area contributed by atoms with E-state index in [1.165, 1.54) is 11.1 Å². The minimum absolute atomic E-state index is 0.283. The molecule has 0 aliphatic rings. The topological polar surface area (TPSA) is 26.7 Å². The second kappa shape index (κ2) is 8.07. The molecule has 3 nitrogen and oxygen atoms in total. The summed E-state index contributed by atoms with van der Waals surface area (Å²) in [5.74, 6) is 0.283. The molecule has 3 rings (SSSR count). The van der Waals surface area contributed by atoms with Crippen LogP contribution in [0.4, 0.5) is 11.4 Å². The van der Waals surface area contributed by atoms with E-state index in [9.17, 15) is 5.11 Å². The van der Waals surface area contributed by atoms with E-state index in [1.807, 2.05) is 24.3 Å². The van der Waals surface area contributed by atoms with Gasteiger partial charge in [0.15, 0.2) is 0 Å². The van der Waals surface area contributed by atoms with Crippen LogP contribution in [0.15, 0.2) is 78.9 Å². The lowest BCUT2D eigenvalue weighted by atomic mass is 10.0. The third kappa shape index (κ3) is 4.24. The van der Waals surface area contributed by atoms with Crippen LogP contribution in [-0.2, 0) is 0 Å². The van der Waals surface area contributed by atoms with Crippen molar-refractivity contribution in [2.24, 2.45) is 0 Å². The van der Waals surface area contributed by atoms with E-state index in [4.69, 9.17) is 0 Å². The minimum atomic E-state index is 0.283. The van der Waals surface area contributed by atoms with Gasteiger partial charge in [-0.3, -0.25) is 0 Å². The lowest BCUT2D eigenvalue weighted by molar-refractivity contribution is 0.319. The summed E-state index contributed by atoms with van der Waals surface area (Å²) in [6, 6.07) is 26.8. The fourth-order valence-corrected chi connectivity index (χ4v) is 2.91. The lowest BCUT2D eigenvalue weighted by Gasteiger charge is -2.31. The Balaban J connectivity index is 1.93. The summed E-state index contributed by atoms with van der Waals surface area (Å²) in [6.07, 6.45) is 0. The van der Waals surface area contributed by atoms with Crippen molar-refractivity contribution in [2.75, 3.05) is 25.5 Å². The summed E-state index contributed by atoms with van der Waals surface area (Å²) in [5.41, 5.74) is 4.52. The monoisotopic (exact) mass is 346 g/mol. The molecule has 0 amide bonds. The van der Waals surface area contributed by atoms with Crippen molar-refractivity contribution in [1.82, 2.24) is 4.90 Å². The summed E-state index contributed by atoms with van der Waals surface area (Å²) < 4.78 is 0. The van der Waals surface area contributed by atoms with Crippen LogP contribution in [0.5, 0.6) is 5.75 Å². The van der Waals surface area contributed by atoms with Gasteiger partial charge in [-0.05, 0) is 56.4 Å². The maximum atomic E-state index is 9.91. The summed E-state index contributed by atoms with van der Waals surface area (Å²) in [4.78, 5) is 4.45. The van der Waals surface area contributed by atoms with Gasteiger partial charge in [-0.2, -0.15) is 0 Å². The molecule has 3 aromatic carbocycles. The van der Waals surface area contributed by atoms with E-state index in [0.29, 0.717) is 6.04 Å². The van der Waals surface area contributed by atoms with Crippen LogP contribution in [0.25, 0.3) is 11.1 Å². The maximum absolute atomic E-state index is 9.91. The van der Waals surface area contributed by atoms with Gasteiger partial charge in [0.2, 0.25) is 0 Å². The van der Waals surface area contributed by atoms with Crippen LogP contribution in [0, 0.1) is 0 Å². The smallest absolute Gasteiger partial charge is 0.117 e. The Morgan fingerprint density at radius 3 is 2.04 bits per heavy atom. The summed E-state index contributed by atoms with van der Waals surface area (Å²) >= 11 is 0. The Labute approximate surface area is 156 Å². The number of likely N-dealkylation sites (N-methyl/N-ethyl adjacent to an activating group) is 1. The van der Waals surface area contributed by atoms with Crippen LogP contribution in [0.3, 0.4) is 0 Å². The normalized spacial score (nSPS) is 12.2. The van der Waals surface area contributed by atoms with E-state index in [-0.39, 0.29) is 5.75 Å².